The SMILES string of the molecule is CC(C)CCOC(C)C(=O)N1CCN(c2ccnc(N(C)C)n2)CC1. The highest BCUT2D eigenvalue weighted by atomic mass is 16.5. The Balaban J connectivity index is 1.84. The molecule has 7 heteroatoms. The summed E-state index contributed by atoms with van der Waals surface area (Å²) in [5, 5.41) is 0. The zero-order valence-corrected chi connectivity index (χ0v) is 16.1. The molecular formula is C18H31N5O2. The molecule has 0 spiro atoms. The van der Waals surface area contributed by atoms with Gasteiger partial charge < -0.3 is 19.4 Å². The standard InChI is InChI=1S/C18H31N5O2/c1-14(2)7-13-25-15(3)17(24)23-11-9-22(10-12-23)16-6-8-19-18(20-16)21(4)5/h6,8,14-15H,7,9-13H2,1-5H3. The first-order valence-corrected chi connectivity index (χ1v) is 9.04. The maximum absolute atomic E-state index is 12.5. The number of hydrogen-bond acceptors (Lipinski definition) is 6. The van der Waals surface area contributed by atoms with Crippen molar-refractivity contribution in [3.8, 4) is 0 Å². The van der Waals surface area contributed by atoms with E-state index in [0.29, 0.717) is 31.6 Å². The molecule has 1 aliphatic heterocycles. The van der Waals surface area contributed by atoms with Crippen LogP contribution in [0.25, 0.3) is 0 Å². The number of rotatable bonds is 7. The predicted octanol–water partition coefficient (Wildman–Crippen LogP) is 1.64. The van der Waals surface area contributed by atoms with Crippen molar-refractivity contribution >= 4 is 17.7 Å². The third kappa shape index (κ3) is 5.56. The van der Waals surface area contributed by atoms with E-state index < -0.39 is 0 Å². The molecule has 0 N–H and O–H groups in total. The van der Waals surface area contributed by atoms with Gasteiger partial charge >= 0.3 is 0 Å². The molecule has 0 bridgehead atoms. The van der Waals surface area contributed by atoms with E-state index in [1.54, 1.807) is 6.20 Å². The van der Waals surface area contributed by atoms with Crippen LogP contribution in [0.5, 0.6) is 0 Å². The second-order valence-corrected chi connectivity index (χ2v) is 7.12. The van der Waals surface area contributed by atoms with Crippen LogP contribution in [0.1, 0.15) is 27.2 Å². The van der Waals surface area contributed by atoms with Gasteiger partial charge in [-0.05, 0) is 25.3 Å². The van der Waals surface area contributed by atoms with Gasteiger partial charge in [0.15, 0.2) is 0 Å². The van der Waals surface area contributed by atoms with Crippen molar-refractivity contribution < 1.29 is 9.53 Å². The molecule has 2 heterocycles. The van der Waals surface area contributed by atoms with Crippen LogP contribution in [0, 0.1) is 5.92 Å². The van der Waals surface area contributed by atoms with Gasteiger partial charge in [0.25, 0.3) is 5.91 Å². The molecule has 1 aromatic heterocycles. The molecular weight excluding hydrogens is 318 g/mol. The fourth-order valence-electron chi connectivity index (χ4n) is 2.70. The van der Waals surface area contributed by atoms with Crippen LogP contribution in [0.4, 0.5) is 11.8 Å². The molecule has 1 atom stereocenters. The van der Waals surface area contributed by atoms with Gasteiger partial charge in [-0.15, -0.1) is 0 Å². The minimum atomic E-state index is -0.371. The summed E-state index contributed by atoms with van der Waals surface area (Å²) in [7, 11) is 3.85. The molecule has 1 amide bonds. The number of hydrogen-bond donors (Lipinski definition) is 0. The third-order valence-corrected chi connectivity index (χ3v) is 4.35. The monoisotopic (exact) mass is 349 g/mol. The topological polar surface area (TPSA) is 61.8 Å². The summed E-state index contributed by atoms with van der Waals surface area (Å²) in [6.45, 7) is 9.73. The highest BCUT2D eigenvalue weighted by molar-refractivity contribution is 5.80. The molecule has 1 fully saturated rings. The molecule has 1 aliphatic rings. The van der Waals surface area contributed by atoms with E-state index in [2.05, 4.69) is 28.7 Å². The van der Waals surface area contributed by atoms with Crippen molar-refractivity contribution in [2.24, 2.45) is 5.92 Å². The number of nitrogens with zero attached hydrogens (tertiary/aromatic N) is 5. The minimum Gasteiger partial charge on any atom is -0.369 e. The van der Waals surface area contributed by atoms with Crippen LogP contribution >= 0.6 is 0 Å². The maximum Gasteiger partial charge on any atom is 0.251 e. The minimum absolute atomic E-state index is 0.0834. The van der Waals surface area contributed by atoms with Gasteiger partial charge in [-0.1, -0.05) is 13.8 Å². The van der Waals surface area contributed by atoms with E-state index >= 15 is 0 Å². The summed E-state index contributed by atoms with van der Waals surface area (Å²) in [6, 6.07) is 1.92. The first-order chi connectivity index (χ1) is 11.9. The summed E-state index contributed by atoms with van der Waals surface area (Å²) in [5.74, 6) is 2.28. The lowest BCUT2D eigenvalue weighted by Crippen LogP contribution is -2.51. The Bertz CT molecular complexity index is 556. The van der Waals surface area contributed by atoms with Crippen molar-refractivity contribution in [2.45, 2.75) is 33.3 Å². The Morgan fingerprint density at radius 1 is 1.24 bits per heavy atom. The average Bonchev–Trinajstić information content (AvgIpc) is 2.61. The van der Waals surface area contributed by atoms with Crippen molar-refractivity contribution in [3.05, 3.63) is 12.3 Å². The lowest BCUT2D eigenvalue weighted by Gasteiger charge is -2.36. The van der Waals surface area contributed by atoms with Crippen LogP contribution in [-0.4, -0.2) is 73.8 Å². The molecule has 0 saturated carbocycles. The largest absolute Gasteiger partial charge is 0.369 e. The predicted molar refractivity (Wildman–Crippen MR) is 100 cm³/mol. The van der Waals surface area contributed by atoms with Crippen LogP contribution in [0.2, 0.25) is 0 Å². The van der Waals surface area contributed by atoms with Gasteiger partial charge in [-0.2, -0.15) is 4.98 Å². The van der Waals surface area contributed by atoms with E-state index in [4.69, 9.17) is 4.74 Å². The maximum atomic E-state index is 12.5. The normalized spacial score (nSPS) is 16.2. The van der Waals surface area contributed by atoms with E-state index in [1.165, 1.54) is 0 Å². The van der Waals surface area contributed by atoms with Crippen molar-refractivity contribution in [3.63, 3.8) is 0 Å². The Morgan fingerprint density at radius 2 is 1.92 bits per heavy atom. The van der Waals surface area contributed by atoms with Crippen molar-refractivity contribution in [1.29, 1.82) is 0 Å². The van der Waals surface area contributed by atoms with Crippen LogP contribution in [0.15, 0.2) is 12.3 Å². The number of ether oxygens (including phenoxy) is 1. The number of piperazine rings is 1. The number of anilines is 2. The van der Waals surface area contributed by atoms with Crippen LogP contribution in [-0.2, 0) is 9.53 Å². The number of carbonyl (C=O) groups is 1. The molecule has 0 aliphatic carbocycles. The number of carbonyl (C=O) groups excluding carboxylic acids is 1. The zero-order chi connectivity index (χ0) is 18.4. The highest BCUT2D eigenvalue weighted by Crippen LogP contribution is 2.16. The highest BCUT2D eigenvalue weighted by Gasteiger charge is 2.26. The molecule has 0 radical (unpaired) electrons. The summed E-state index contributed by atoms with van der Waals surface area (Å²) in [5.41, 5.74) is 0. The van der Waals surface area contributed by atoms with Crippen molar-refractivity contribution in [2.75, 3.05) is 56.7 Å². The molecule has 0 aromatic carbocycles. The van der Waals surface area contributed by atoms with Gasteiger partial charge in [0.1, 0.15) is 11.9 Å². The smallest absolute Gasteiger partial charge is 0.251 e. The van der Waals surface area contributed by atoms with E-state index in [-0.39, 0.29) is 12.0 Å². The lowest BCUT2D eigenvalue weighted by atomic mass is 10.1. The van der Waals surface area contributed by atoms with Gasteiger partial charge in [0, 0.05) is 53.1 Å². The Morgan fingerprint density at radius 3 is 2.52 bits per heavy atom. The summed E-state index contributed by atoms with van der Waals surface area (Å²) < 4.78 is 5.69. The summed E-state index contributed by atoms with van der Waals surface area (Å²) >= 11 is 0. The molecule has 7 nitrogen and oxygen atoms in total. The third-order valence-electron chi connectivity index (χ3n) is 4.35. The molecule has 2 rings (SSSR count). The number of amides is 1. The zero-order valence-electron chi connectivity index (χ0n) is 16.1. The first kappa shape index (κ1) is 19.4. The summed E-state index contributed by atoms with van der Waals surface area (Å²) in [4.78, 5) is 27.3. The second kappa shape index (κ2) is 8.99. The van der Waals surface area contributed by atoms with Gasteiger partial charge in [-0.3, -0.25) is 4.79 Å². The van der Waals surface area contributed by atoms with Gasteiger partial charge in [-0.25, -0.2) is 4.98 Å². The van der Waals surface area contributed by atoms with Crippen molar-refractivity contribution in [1.82, 2.24) is 14.9 Å². The van der Waals surface area contributed by atoms with E-state index in [1.807, 2.05) is 36.9 Å². The molecule has 1 saturated heterocycles. The molecule has 1 unspecified atom stereocenters. The number of aromatic nitrogens is 2. The Kier molecular flexibility index (Phi) is 6.99. The van der Waals surface area contributed by atoms with Gasteiger partial charge in [0.05, 0.1) is 0 Å². The van der Waals surface area contributed by atoms with E-state index in [9.17, 15) is 4.79 Å². The lowest BCUT2D eigenvalue weighted by molar-refractivity contribution is -0.143. The molecule has 1 aromatic rings. The molecule has 140 valence electrons. The first-order valence-electron chi connectivity index (χ1n) is 9.04. The average molecular weight is 349 g/mol. The Labute approximate surface area is 151 Å². The fraction of sp³-hybridized carbons (Fsp3) is 0.722. The summed E-state index contributed by atoms with van der Waals surface area (Å²) in [6.07, 6.45) is 2.39. The van der Waals surface area contributed by atoms with Gasteiger partial charge in [0.2, 0.25) is 5.95 Å². The Hall–Kier alpha value is -1.89. The fourth-order valence-corrected chi connectivity index (χ4v) is 2.70. The molecule has 25 heavy (non-hydrogen) atoms. The van der Waals surface area contributed by atoms with Crippen LogP contribution < -0.4 is 9.80 Å². The van der Waals surface area contributed by atoms with E-state index in [0.717, 1.165) is 25.3 Å². The quantitative estimate of drug-likeness (QED) is 0.746. The second-order valence-electron chi connectivity index (χ2n) is 7.12. The van der Waals surface area contributed by atoms with Crippen LogP contribution in [0.3, 0.4) is 0 Å².